The first-order chi connectivity index (χ1) is 9.75. The molecule has 0 unspecified atom stereocenters. The fourth-order valence-electron chi connectivity index (χ4n) is 1.39. The molecule has 2 rings (SSSR count). The van der Waals surface area contributed by atoms with Crippen molar-refractivity contribution in [2.24, 2.45) is 0 Å². The number of rotatable bonds is 5. The van der Waals surface area contributed by atoms with Crippen molar-refractivity contribution in [3.05, 3.63) is 29.8 Å². The number of aromatic nitrogens is 3. The molecule has 7 heteroatoms. The molecular weight excluding hydrogens is 258 g/mol. The smallest absolute Gasteiger partial charge is 0.330 e. The first kappa shape index (κ1) is 13.5. The largest absolute Gasteiger partial charge is 0.464 e. The van der Waals surface area contributed by atoms with E-state index in [1.165, 1.54) is 0 Å². The van der Waals surface area contributed by atoms with Gasteiger partial charge in [0.05, 0.1) is 18.2 Å². The molecule has 0 fully saturated rings. The lowest BCUT2D eigenvalue weighted by Crippen LogP contribution is -2.05. The van der Waals surface area contributed by atoms with Crippen molar-refractivity contribution in [3.8, 4) is 23.8 Å². The molecule has 102 valence electrons. The van der Waals surface area contributed by atoms with Crippen molar-refractivity contribution in [1.82, 2.24) is 15.0 Å². The highest BCUT2D eigenvalue weighted by Crippen LogP contribution is 2.20. The zero-order valence-electron chi connectivity index (χ0n) is 11.1. The fourth-order valence-corrected chi connectivity index (χ4v) is 1.39. The third-order valence-electron chi connectivity index (χ3n) is 2.28. The zero-order chi connectivity index (χ0) is 14.4. The van der Waals surface area contributed by atoms with Crippen molar-refractivity contribution < 1.29 is 9.47 Å². The van der Waals surface area contributed by atoms with Crippen LogP contribution in [0, 0.1) is 11.3 Å². The van der Waals surface area contributed by atoms with E-state index in [4.69, 9.17) is 14.7 Å². The molecule has 0 radical (unpaired) electrons. The Labute approximate surface area is 116 Å². The maximum absolute atomic E-state index is 8.73. The van der Waals surface area contributed by atoms with Crippen LogP contribution >= 0.6 is 0 Å². The van der Waals surface area contributed by atoms with Gasteiger partial charge in [-0.3, -0.25) is 0 Å². The van der Waals surface area contributed by atoms with Crippen LogP contribution in [0.3, 0.4) is 0 Å². The highest BCUT2D eigenvalue weighted by Gasteiger charge is 2.08. The minimum Gasteiger partial charge on any atom is -0.464 e. The minimum absolute atomic E-state index is 0.123. The molecule has 0 atom stereocenters. The van der Waals surface area contributed by atoms with Crippen molar-refractivity contribution in [3.63, 3.8) is 0 Å². The summed E-state index contributed by atoms with van der Waals surface area (Å²) in [5, 5.41) is 11.5. The summed E-state index contributed by atoms with van der Waals surface area (Å²) in [5.74, 6) is 0.881. The molecule has 1 aromatic heterocycles. The van der Waals surface area contributed by atoms with Gasteiger partial charge in [0.2, 0.25) is 5.95 Å². The van der Waals surface area contributed by atoms with Crippen LogP contribution in [0.1, 0.15) is 12.5 Å². The minimum atomic E-state index is 0.123. The number of hydrogen-bond acceptors (Lipinski definition) is 7. The van der Waals surface area contributed by atoms with Crippen LogP contribution in [0.15, 0.2) is 24.3 Å². The van der Waals surface area contributed by atoms with Crippen LogP contribution in [-0.4, -0.2) is 28.6 Å². The number of ether oxygens (including phenoxy) is 2. The van der Waals surface area contributed by atoms with E-state index in [-0.39, 0.29) is 12.0 Å². The summed E-state index contributed by atoms with van der Waals surface area (Å²) in [6.07, 6.45) is 0. The number of nitriles is 1. The summed E-state index contributed by atoms with van der Waals surface area (Å²) < 4.78 is 10.8. The Balaban J connectivity index is 2.22. The SMILES string of the molecule is CCOc1nc(NC)nc(Oc2ccc(C#N)cc2)n1. The Morgan fingerprint density at radius 3 is 2.45 bits per heavy atom. The van der Waals surface area contributed by atoms with Crippen LogP contribution in [0.5, 0.6) is 17.8 Å². The molecule has 0 bridgehead atoms. The fraction of sp³-hybridized carbons (Fsp3) is 0.231. The van der Waals surface area contributed by atoms with E-state index in [0.717, 1.165) is 0 Å². The average molecular weight is 271 g/mol. The first-order valence-corrected chi connectivity index (χ1v) is 5.99. The number of nitrogens with zero attached hydrogens (tertiary/aromatic N) is 4. The highest BCUT2D eigenvalue weighted by atomic mass is 16.5. The van der Waals surface area contributed by atoms with Gasteiger partial charge in [0.1, 0.15) is 5.75 Å². The summed E-state index contributed by atoms with van der Waals surface area (Å²) in [7, 11) is 1.69. The van der Waals surface area contributed by atoms with Gasteiger partial charge in [0.15, 0.2) is 0 Å². The molecule has 0 aliphatic rings. The molecule has 0 aliphatic carbocycles. The second-order valence-corrected chi connectivity index (χ2v) is 3.65. The molecule has 2 aromatic rings. The maximum Gasteiger partial charge on any atom is 0.330 e. The predicted molar refractivity (Wildman–Crippen MR) is 71.8 cm³/mol. The molecular formula is C13H13N5O2. The third kappa shape index (κ3) is 3.32. The molecule has 7 nitrogen and oxygen atoms in total. The summed E-state index contributed by atoms with van der Waals surface area (Å²) in [4.78, 5) is 12.1. The molecule has 0 saturated carbocycles. The van der Waals surface area contributed by atoms with Crippen LogP contribution in [0.2, 0.25) is 0 Å². The Hall–Kier alpha value is -2.88. The van der Waals surface area contributed by atoms with E-state index in [9.17, 15) is 0 Å². The maximum atomic E-state index is 8.73. The van der Waals surface area contributed by atoms with Gasteiger partial charge in [-0.25, -0.2) is 0 Å². The van der Waals surface area contributed by atoms with Crippen LogP contribution in [-0.2, 0) is 0 Å². The molecule has 0 amide bonds. The summed E-state index contributed by atoms with van der Waals surface area (Å²) >= 11 is 0. The average Bonchev–Trinajstić information content (AvgIpc) is 2.48. The molecule has 0 saturated heterocycles. The van der Waals surface area contributed by atoms with Crippen molar-refractivity contribution in [1.29, 1.82) is 5.26 Å². The van der Waals surface area contributed by atoms with Crippen molar-refractivity contribution in [2.45, 2.75) is 6.92 Å². The van der Waals surface area contributed by atoms with Gasteiger partial charge >= 0.3 is 12.0 Å². The standard InChI is InChI=1S/C13H13N5O2/c1-3-19-12-16-11(15-2)17-13(18-12)20-10-6-4-9(8-14)5-7-10/h4-7H,3H2,1-2H3,(H,15,16,17,18). The lowest BCUT2D eigenvalue weighted by atomic mass is 10.2. The summed E-state index contributed by atoms with van der Waals surface area (Å²) in [5.41, 5.74) is 0.555. The monoisotopic (exact) mass is 271 g/mol. The first-order valence-electron chi connectivity index (χ1n) is 5.99. The van der Waals surface area contributed by atoms with E-state index in [0.29, 0.717) is 23.9 Å². The van der Waals surface area contributed by atoms with E-state index in [1.807, 2.05) is 13.0 Å². The van der Waals surface area contributed by atoms with Gasteiger partial charge < -0.3 is 14.8 Å². The summed E-state index contributed by atoms with van der Waals surface area (Å²) in [6.45, 7) is 2.29. The van der Waals surface area contributed by atoms with Gasteiger partial charge in [-0.2, -0.15) is 15.2 Å². The van der Waals surface area contributed by atoms with Crippen LogP contribution < -0.4 is 14.8 Å². The normalized spacial score (nSPS) is 9.65. The van der Waals surface area contributed by atoms with Crippen molar-refractivity contribution in [2.75, 3.05) is 19.0 Å². The van der Waals surface area contributed by atoms with E-state index in [1.54, 1.807) is 31.3 Å². The zero-order valence-corrected chi connectivity index (χ0v) is 11.1. The Morgan fingerprint density at radius 1 is 1.15 bits per heavy atom. The molecule has 1 aromatic carbocycles. The summed E-state index contributed by atoms with van der Waals surface area (Å²) in [6, 6.07) is 8.99. The van der Waals surface area contributed by atoms with Crippen LogP contribution in [0.4, 0.5) is 5.95 Å². The number of benzene rings is 1. The van der Waals surface area contributed by atoms with Gasteiger partial charge in [0, 0.05) is 7.05 Å². The second-order valence-electron chi connectivity index (χ2n) is 3.65. The van der Waals surface area contributed by atoms with Gasteiger partial charge in [-0.1, -0.05) is 0 Å². The van der Waals surface area contributed by atoms with Gasteiger partial charge in [0.25, 0.3) is 0 Å². The van der Waals surface area contributed by atoms with E-state index < -0.39 is 0 Å². The van der Waals surface area contributed by atoms with Gasteiger partial charge in [-0.15, -0.1) is 4.98 Å². The van der Waals surface area contributed by atoms with Crippen molar-refractivity contribution >= 4 is 5.95 Å². The predicted octanol–water partition coefficient (Wildman–Crippen LogP) is 1.98. The molecule has 20 heavy (non-hydrogen) atoms. The topological polar surface area (TPSA) is 93.0 Å². The molecule has 1 N–H and O–H groups in total. The number of nitrogens with one attached hydrogen (secondary N) is 1. The Morgan fingerprint density at radius 2 is 1.85 bits per heavy atom. The van der Waals surface area contributed by atoms with Gasteiger partial charge in [-0.05, 0) is 31.2 Å². The number of hydrogen-bond donors (Lipinski definition) is 1. The lowest BCUT2D eigenvalue weighted by molar-refractivity contribution is 0.304. The highest BCUT2D eigenvalue weighted by molar-refractivity contribution is 5.36. The second kappa shape index (κ2) is 6.33. The van der Waals surface area contributed by atoms with Crippen LogP contribution in [0.25, 0.3) is 0 Å². The molecule has 0 spiro atoms. The lowest BCUT2D eigenvalue weighted by Gasteiger charge is -2.07. The van der Waals surface area contributed by atoms with E-state index in [2.05, 4.69) is 20.3 Å². The Bertz CT molecular complexity index is 622. The van der Waals surface area contributed by atoms with E-state index >= 15 is 0 Å². The number of anilines is 1. The Kier molecular flexibility index (Phi) is 4.29. The quantitative estimate of drug-likeness (QED) is 0.888. The third-order valence-corrected chi connectivity index (χ3v) is 2.28. The molecule has 1 heterocycles. The molecule has 0 aliphatic heterocycles.